The molecule has 0 radical (unpaired) electrons. The summed E-state index contributed by atoms with van der Waals surface area (Å²) in [5, 5.41) is 9.92. The minimum absolute atomic E-state index is 0.00686. The number of nitrogens with one attached hydrogen (secondary N) is 2. The van der Waals surface area contributed by atoms with Crippen molar-refractivity contribution < 1.29 is 17.9 Å². The Morgan fingerprint density at radius 2 is 1.90 bits per heavy atom. The van der Waals surface area contributed by atoms with E-state index in [0.29, 0.717) is 12.5 Å². The Labute approximate surface area is 169 Å². The molecule has 2 aliphatic rings. The zero-order valence-electron chi connectivity index (χ0n) is 17.2. The second-order valence-electron chi connectivity index (χ2n) is 7.84. The summed E-state index contributed by atoms with van der Waals surface area (Å²) in [6.07, 6.45) is 2.76. The summed E-state index contributed by atoms with van der Waals surface area (Å²) in [5.41, 5.74) is -0.714. The van der Waals surface area contributed by atoms with Crippen molar-refractivity contribution in [3.8, 4) is 0 Å². The molecule has 0 atom stereocenters. The second-order valence-corrected chi connectivity index (χ2v) is 7.84. The Morgan fingerprint density at radius 3 is 2.52 bits per heavy atom. The molecular weight excluding hydrogens is 385 g/mol. The monoisotopic (exact) mass is 416 g/mol. The topological polar surface area (TPSA) is 66.7 Å². The Bertz CT molecular complexity index is 691. The van der Waals surface area contributed by atoms with E-state index in [0.717, 1.165) is 39.1 Å². The maximum Gasteiger partial charge on any atom is 0.435 e. The second kappa shape index (κ2) is 9.34. The molecule has 1 aromatic heterocycles. The number of aryl methyl sites for hydroxylation is 1. The number of halogens is 3. The Hall–Kier alpha value is -1.81. The first-order chi connectivity index (χ1) is 13.8. The van der Waals surface area contributed by atoms with Crippen LogP contribution in [0.25, 0.3) is 0 Å². The molecule has 164 valence electrons. The highest BCUT2D eigenvalue weighted by Gasteiger charge is 2.39. The Balaban J connectivity index is 1.62. The van der Waals surface area contributed by atoms with Crippen molar-refractivity contribution in [2.45, 2.75) is 50.4 Å². The zero-order valence-corrected chi connectivity index (χ0v) is 17.2. The smallest absolute Gasteiger partial charge is 0.379 e. The Kier molecular flexibility index (Phi) is 7.05. The lowest BCUT2D eigenvalue weighted by Gasteiger charge is -2.48. The fourth-order valence-corrected chi connectivity index (χ4v) is 4.41. The lowest BCUT2D eigenvalue weighted by Crippen LogP contribution is -2.60. The highest BCUT2D eigenvalue weighted by molar-refractivity contribution is 5.79. The third-order valence-electron chi connectivity index (χ3n) is 5.89. The van der Waals surface area contributed by atoms with Gasteiger partial charge < -0.3 is 15.4 Å². The van der Waals surface area contributed by atoms with E-state index in [-0.39, 0.29) is 17.6 Å². The van der Waals surface area contributed by atoms with Crippen LogP contribution in [0.3, 0.4) is 0 Å². The van der Waals surface area contributed by atoms with Gasteiger partial charge in [0, 0.05) is 57.6 Å². The van der Waals surface area contributed by atoms with Gasteiger partial charge in [-0.3, -0.25) is 14.6 Å². The number of alkyl halides is 3. The van der Waals surface area contributed by atoms with E-state index >= 15 is 0 Å². The third kappa shape index (κ3) is 5.42. The van der Waals surface area contributed by atoms with Crippen molar-refractivity contribution in [3.05, 3.63) is 17.5 Å². The summed E-state index contributed by atoms with van der Waals surface area (Å²) in [6, 6.07) is 0. The standard InChI is InChI=1S/C19H31F3N6O/c1-23-17(24-12-15-13-27(2)26-16(15)19(20,21)22)25-14-18(6-4-3-5-7-18)28-8-10-29-11-9-28/h13H,3-12,14H2,1-2H3,(H2,23,24,25). The van der Waals surface area contributed by atoms with Crippen LogP contribution in [0, 0.1) is 0 Å². The van der Waals surface area contributed by atoms with E-state index < -0.39 is 11.9 Å². The average Bonchev–Trinajstić information content (AvgIpc) is 3.11. The van der Waals surface area contributed by atoms with Gasteiger partial charge in [0.15, 0.2) is 11.7 Å². The van der Waals surface area contributed by atoms with Crippen LogP contribution in [-0.2, 0) is 24.5 Å². The molecule has 1 aromatic rings. The minimum Gasteiger partial charge on any atom is -0.379 e. The maximum absolute atomic E-state index is 13.2. The number of ether oxygens (including phenoxy) is 1. The number of guanidine groups is 1. The summed E-state index contributed by atoms with van der Waals surface area (Å²) >= 11 is 0. The van der Waals surface area contributed by atoms with Crippen LogP contribution in [0.2, 0.25) is 0 Å². The van der Waals surface area contributed by atoms with E-state index in [2.05, 4.69) is 25.6 Å². The van der Waals surface area contributed by atoms with Crippen LogP contribution in [0.4, 0.5) is 13.2 Å². The van der Waals surface area contributed by atoms with Crippen molar-refractivity contribution in [3.63, 3.8) is 0 Å². The summed E-state index contributed by atoms with van der Waals surface area (Å²) in [4.78, 5) is 6.72. The predicted octanol–water partition coefficient (Wildman–Crippen LogP) is 2.14. The first kappa shape index (κ1) is 21.9. The average molecular weight is 416 g/mol. The van der Waals surface area contributed by atoms with Gasteiger partial charge >= 0.3 is 6.18 Å². The lowest BCUT2D eigenvalue weighted by atomic mass is 9.80. The number of nitrogens with zero attached hydrogens (tertiary/aromatic N) is 4. The first-order valence-electron chi connectivity index (χ1n) is 10.2. The highest BCUT2D eigenvalue weighted by atomic mass is 19.4. The highest BCUT2D eigenvalue weighted by Crippen LogP contribution is 2.34. The van der Waals surface area contributed by atoms with Crippen LogP contribution >= 0.6 is 0 Å². The molecular formula is C19H31F3N6O. The van der Waals surface area contributed by atoms with Crippen molar-refractivity contribution in [1.29, 1.82) is 0 Å². The fourth-order valence-electron chi connectivity index (χ4n) is 4.41. The summed E-state index contributed by atoms with van der Waals surface area (Å²) in [6.45, 7) is 4.04. The predicted molar refractivity (Wildman–Crippen MR) is 105 cm³/mol. The van der Waals surface area contributed by atoms with Gasteiger partial charge in [-0.2, -0.15) is 18.3 Å². The van der Waals surface area contributed by atoms with Crippen molar-refractivity contribution >= 4 is 5.96 Å². The number of morpholine rings is 1. The van der Waals surface area contributed by atoms with Gasteiger partial charge in [-0.15, -0.1) is 0 Å². The van der Waals surface area contributed by atoms with E-state index in [1.807, 2.05) is 0 Å². The van der Waals surface area contributed by atoms with Crippen LogP contribution in [0.5, 0.6) is 0 Å². The van der Waals surface area contributed by atoms with Crippen LogP contribution in [0.15, 0.2) is 11.2 Å². The normalized spacial score (nSPS) is 21.2. The SMILES string of the molecule is CN=C(NCc1cn(C)nc1C(F)(F)F)NCC1(N2CCOCC2)CCCCC1. The molecule has 0 unspecified atom stereocenters. The van der Waals surface area contributed by atoms with E-state index in [9.17, 15) is 13.2 Å². The van der Waals surface area contributed by atoms with Gasteiger partial charge in [0.1, 0.15) is 0 Å². The van der Waals surface area contributed by atoms with Gasteiger partial charge in [-0.1, -0.05) is 19.3 Å². The molecule has 0 amide bonds. The number of hydrogen-bond acceptors (Lipinski definition) is 4. The van der Waals surface area contributed by atoms with Crippen LogP contribution in [-0.4, -0.2) is 66.1 Å². The number of hydrogen-bond donors (Lipinski definition) is 2. The van der Waals surface area contributed by atoms with Crippen LogP contribution in [0.1, 0.15) is 43.4 Å². The molecule has 2 heterocycles. The van der Waals surface area contributed by atoms with Crippen molar-refractivity contribution in [1.82, 2.24) is 25.3 Å². The summed E-state index contributed by atoms with van der Waals surface area (Å²) in [7, 11) is 3.12. The fraction of sp³-hybridized carbons (Fsp3) is 0.789. The van der Waals surface area contributed by atoms with Gasteiger partial charge in [-0.05, 0) is 12.8 Å². The molecule has 0 spiro atoms. The van der Waals surface area contributed by atoms with Gasteiger partial charge in [0.05, 0.1) is 13.2 Å². The molecule has 0 bridgehead atoms. The van der Waals surface area contributed by atoms with E-state index in [4.69, 9.17) is 4.74 Å². The lowest BCUT2D eigenvalue weighted by molar-refractivity contribution is -0.142. The molecule has 2 N–H and O–H groups in total. The molecule has 0 aromatic carbocycles. The molecule has 1 saturated carbocycles. The molecule has 2 fully saturated rings. The van der Waals surface area contributed by atoms with Crippen LogP contribution < -0.4 is 10.6 Å². The maximum atomic E-state index is 13.2. The molecule has 3 rings (SSSR count). The largest absolute Gasteiger partial charge is 0.435 e. The third-order valence-corrected chi connectivity index (χ3v) is 5.89. The molecule has 1 aliphatic carbocycles. The molecule has 7 nitrogen and oxygen atoms in total. The van der Waals surface area contributed by atoms with E-state index in [1.54, 1.807) is 7.05 Å². The minimum atomic E-state index is -4.47. The van der Waals surface area contributed by atoms with Gasteiger partial charge in [0.25, 0.3) is 0 Å². The summed E-state index contributed by atoms with van der Waals surface area (Å²) in [5.74, 6) is 0.500. The Morgan fingerprint density at radius 1 is 1.21 bits per heavy atom. The molecule has 29 heavy (non-hydrogen) atoms. The van der Waals surface area contributed by atoms with Crippen molar-refractivity contribution in [2.24, 2.45) is 12.0 Å². The molecule has 10 heteroatoms. The van der Waals surface area contributed by atoms with Gasteiger partial charge in [-0.25, -0.2) is 0 Å². The summed E-state index contributed by atoms with van der Waals surface area (Å²) < 4.78 is 46.1. The van der Waals surface area contributed by atoms with Gasteiger partial charge in [0.2, 0.25) is 0 Å². The van der Waals surface area contributed by atoms with Crippen molar-refractivity contribution in [2.75, 3.05) is 39.9 Å². The first-order valence-corrected chi connectivity index (χ1v) is 10.2. The quantitative estimate of drug-likeness (QED) is 0.569. The number of aliphatic imine (C=N–C) groups is 1. The molecule has 1 saturated heterocycles. The molecule has 1 aliphatic heterocycles. The number of aromatic nitrogens is 2. The number of rotatable bonds is 5. The zero-order chi connectivity index (χ0) is 20.9. The van der Waals surface area contributed by atoms with E-state index in [1.165, 1.54) is 37.2 Å².